The van der Waals surface area contributed by atoms with Crippen molar-refractivity contribution >= 4 is 17.7 Å². The van der Waals surface area contributed by atoms with Crippen molar-refractivity contribution in [1.82, 2.24) is 5.32 Å². The van der Waals surface area contributed by atoms with Crippen molar-refractivity contribution in [3.63, 3.8) is 0 Å². The number of ketones is 1. The van der Waals surface area contributed by atoms with Gasteiger partial charge in [-0.05, 0) is 31.6 Å². The first-order valence-corrected chi connectivity index (χ1v) is 11.8. The minimum atomic E-state index is -1.01. The van der Waals surface area contributed by atoms with Crippen molar-refractivity contribution in [3.05, 3.63) is 12.2 Å². The normalized spacial score (nSPS) is 20.7. The summed E-state index contributed by atoms with van der Waals surface area (Å²) in [5, 5.41) is 21.7. The molecule has 0 saturated heterocycles. The van der Waals surface area contributed by atoms with E-state index in [9.17, 15) is 19.5 Å². The number of allylic oxidation sites excluding steroid dienone is 1. The van der Waals surface area contributed by atoms with Crippen molar-refractivity contribution < 1.29 is 29.3 Å². The maximum atomic E-state index is 12.3. The highest BCUT2D eigenvalue weighted by Gasteiger charge is 2.32. The molecule has 0 aliphatic heterocycles. The topological polar surface area (TPSA) is 113 Å². The van der Waals surface area contributed by atoms with Crippen LogP contribution < -0.4 is 5.32 Å². The zero-order valence-electron chi connectivity index (χ0n) is 19.2. The Morgan fingerprint density at radius 3 is 2.61 bits per heavy atom. The number of carbonyl (C=O) groups is 3. The average Bonchev–Trinajstić information content (AvgIpc) is 3.11. The molecule has 1 aliphatic carbocycles. The number of amides is 1. The number of nitrogens with one attached hydrogen (secondary N) is 1. The SMILES string of the molecule is CCCCC[C@@H](O)C=C[C@H]1CCC(=O)[C@@H]1CCCCCCC(=O)N[C@@H](CO)C(=O)OC. The molecule has 1 saturated carbocycles. The molecule has 31 heavy (non-hydrogen) atoms. The van der Waals surface area contributed by atoms with Gasteiger partial charge < -0.3 is 20.3 Å². The van der Waals surface area contributed by atoms with Gasteiger partial charge in [-0.1, -0.05) is 57.6 Å². The molecule has 1 amide bonds. The molecule has 0 aromatic rings. The number of aliphatic hydroxyl groups is 2. The molecular formula is C24H41NO6. The van der Waals surface area contributed by atoms with E-state index in [0.29, 0.717) is 18.6 Å². The van der Waals surface area contributed by atoms with E-state index in [1.165, 1.54) is 7.11 Å². The van der Waals surface area contributed by atoms with Crippen LogP contribution in [0.15, 0.2) is 12.2 Å². The predicted octanol–water partition coefficient (Wildman–Crippen LogP) is 3.07. The van der Waals surface area contributed by atoms with Gasteiger partial charge in [0, 0.05) is 18.8 Å². The number of esters is 1. The molecular weight excluding hydrogens is 398 g/mol. The van der Waals surface area contributed by atoms with Gasteiger partial charge in [-0.3, -0.25) is 9.59 Å². The Bertz CT molecular complexity index is 576. The van der Waals surface area contributed by atoms with Crippen molar-refractivity contribution in [2.45, 2.75) is 96.1 Å². The number of unbranched alkanes of at least 4 members (excludes halogenated alkanes) is 5. The maximum Gasteiger partial charge on any atom is 0.330 e. The number of Topliss-reactive ketones (excluding diaryl/α,β-unsaturated/α-hetero) is 1. The predicted molar refractivity (Wildman–Crippen MR) is 119 cm³/mol. The fourth-order valence-corrected chi connectivity index (χ4v) is 4.10. The fourth-order valence-electron chi connectivity index (χ4n) is 4.10. The zero-order valence-corrected chi connectivity index (χ0v) is 19.2. The van der Waals surface area contributed by atoms with E-state index in [0.717, 1.165) is 57.8 Å². The minimum absolute atomic E-state index is 0.0489. The number of methoxy groups -OCH3 is 1. The summed E-state index contributed by atoms with van der Waals surface area (Å²) in [5.41, 5.74) is 0. The molecule has 0 heterocycles. The van der Waals surface area contributed by atoms with E-state index in [4.69, 9.17) is 5.11 Å². The third-order valence-corrected chi connectivity index (χ3v) is 6.01. The summed E-state index contributed by atoms with van der Waals surface area (Å²) in [6, 6.07) is -1.01. The lowest BCUT2D eigenvalue weighted by Gasteiger charge is -2.16. The molecule has 0 unspecified atom stereocenters. The van der Waals surface area contributed by atoms with Crippen LogP contribution in [0.25, 0.3) is 0 Å². The molecule has 0 spiro atoms. The van der Waals surface area contributed by atoms with Gasteiger partial charge in [0.2, 0.25) is 5.91 Å². The van der Waals surface area contributed by atoms with Crippen LogP contribution in [0.1, 0.15) is 84.0 Å². The Morgan fingerprint density at radius 1 is 1.19 bits per heavy atom. The number of aliphatic hydroxyl groups excluding tert-OH is 2. The number of carbonyl (C=O) groups excluding carboxylic acids is 3. The van der Waals surface area contributed by atoms with E-state index in [2.05, 4.69) is 23.1 Å². The second kappa shape index (κ2) is 16.0. The lowest BCUT2D eigenvalue weighted by Crippen LogP contribution is -2.43. The minimum Gasteiger partial charge on any atom is -0.467 e. The van der Waals surface area contributed by atoms with E-state index in [1.54, 1.807) is 0 Å². The summed E-state index contributed by atoms with van der Waals surface area (Å²) in [4.78, 5) is 35.5. The monoisotopic (exact) mass is 439 g/mol. The molecule has 7 nitrogen and oxygen atoms in total. The van der Waals surface area contributed by atoms with Gasteiger partial charge in [0.25, 0.3) is 0 Å². The summed E-state index contributed by atoms with van der Waals surface area (Å²) in [6.45, 7) is 1.66. The van der Waals surface area contributed by atoms with Gasteiger partial charge in [0.1, 0.15) is 5.78 Å². The number of ether oxygens (including phenoxy) is 1. The Morgan fingerprint density at radius 2 is 1.94 bits per heavy atom. The molecule has 7 heteroatoms. The standard InChI is InChI=1S/C24H41NO6/c1-3-4-7-10-19(27)15-13-18-14-16-22(28)20(18)11-8-5-6-9-12-23(29)25-21(17-26)24(30)31-2/h13,15,18-21,26-27H,3-12,14,16-17H2,1-2H3,(H,25,29)/t18-,19+,20+,21-/m0/s1. The van der Waals surface area contributed by atoms with Crippen molar-refractivity contribution in [2.75, 3.05) is 13.7 Å². The Balaban J connectivity index is 2.25. The van der Waals surface area contributed by atoms with Crippen LogP contribution in [0.5, 0.6) is 0 Å². The molecule has 1 fully saturated rings. The highest BCUT2D eigenvalue weighted by atomic mass is 16.5. The average molecular weight is 440 g/mol. The summed E-state index contributed by atoms with van der Waals surface area (Å²) in [7, 11) is 1.21. The molecule has 0 radical (unpaired) electrons. The summed E-state index contributed by atoms with van der Waals surface area (Å²) in [6.07, 6.45) is 13.6. The van der Waals surface area contributed by atoms with Crippen molar-refractivity contribution in [2.24, 2.45) is 11.8 Å². The van der Waals surface area contributed by atoms with Gasteiger partial charge in [0.05, 0.1) is 19.8 Å². The first-order chi connectivity index (χ1) is 14.9. The molecule has 4 atom stereocenters. The molecule has 178 valence electrons. The number of hydrogen-bond acceptors (Lipinski definition) is 6. The molecule has 1 rings (SSSR count). The smallest absolute Gasteiger partial charge is 0.330 e. The number of rotatable bonds is 16. The van der Waals surface area contributed by atoms with Crippen LogP contribution in [0, 0.1) is 11.8 Å². The van der Waals surface area contributed by atoms with Crippen molar-refractivity contribution in [1.29, 1.82) is 0 Å². The van der Waals surface area contributed by atoms with Gasteiger partial charge in [-0.15, -0.1) is 0 Å². The second-order valence-electron chi connectivity index (χ2n) is 8.50. The van der Waals surface area contributed by atoms with Crippen LogP contribution >= 0.6 is 0 Å². The third kappa shape index (κ3) is 10.9. The first-order valence-electron chi connectivity index (χ1n) is 11.8. The van der Waals surface area contributed by atoms with Crippen LogP contribution in [-0.2, 0) is 19.1 Å². The van der Waals surface area contributed by atoms with Crippen molar-refractivity contribution in [3.8, 4) is 0 Å². The van der Waals surface area contributed by atoms with Crippen LogP contribution in [0.3, 0.4) is 0 Å². The number of hydrogen-bond donors (Lipinski definition) is 3. The summed E-state index contributed by atoms with van der Waals surface area (Å²) < 4.78 is 4.52. The quantitative estimate of drug-likeness (QED) is 0.194. The molecule has 0 aromatic heterocycles. The molecule has 1 aliphatic rings. The van der Waals surface area contributed by atoms with E-state index in [1.807, 2.05) is 6.08 Å². The lowest BCUT2D eigenvalue weighted by atomic mass is 9.89. The summed E-state index contributed by atoms with van der Waals surface area (Å²) in [5.74, 6) is -0.333. The highest BCUT2D eigenvalue weighted by Crippen LogP contribution is 2.34. The molecule has 3 N–H and O–H groups in total. The Kier molecular flexibility index (Phi) is 14.1. The van der Waals surface area contributed by atoms with Crippen LogP contribution in [0.2, 0.25) is 0 Å². The molecule has 0 bridgehead atoms. The van der Waals surface area contributed by atoms with Crippen LogP contribution in [-0.4, -0.2) is 53.7 Å². The van der Waals surface area contributed by atoms with Gasteiger partial charge in [0.15, 0.2) is 6.04 Å². The van der Waals surface area contributed by atoms with E-state index in [-0.39, 0.29) is 24.2 Å². The van der Waals surface area contributed by atoms with Crippen LogP contribution in [0.4, 0.5) is 0 Å². The molecule has 0 aromatic carbocycles. The Hall–Kier alpha value is -1.73. The Labute approximate surface area is 186 Å². The van der Waals surface area contributed by atoms with E-state index < -0.39 is 24.7 Å². The maximum absolute atomic E-state index is 12.3. The van der Waals surface area contributed by atoms with E-state index >= 15 is 0 Å². The zero-order chi connectivity index (χ0) is 23.1. The van der Waals surface area contributed by atoms with Gasteiger partial charge >= 0.3 is 5.97 Å². The van der Waals surface area contributed by atoms with Gasteiger partial charge in [-0.25, -0.2) is 4.79 Å². The summed E-state index contributed by atoms with van der Waals surface area (Å²) >= 11 is 0. The largest absolute Gasteiger partial charge is 0.467 e. The van der Waals surface area contributed by atoms with Gasteiger partial charge in [-0.2, -0.15) is 0 Å². The second-order valence-corrected chi connectivity index (χ2v) is 8.50. The lowest BCUT2D eigenvalue weighted by molar-refractivity contribution is -0.146. The third-order valence-electron chi connectivity index (χ3n) is 6.01. The first kappa shape index (κ1) is 27.3. The fraction of sp³-hybridized carbons (Fsp3) is 0.792. The highest BCUT2D eigenvalue weighted by molar-refractivity contribution is 5.84.